The summed E-state index contributed by atoms with van der Waals surface area (Å²) in [4.78, 5) is 2.84. The number of rotatable bonds is 2. The zero-order valence-electron chi connectivity index (χ0n) is 6.64. The van der Waals surface area contributed by atoms with Crippen molar-refractivity contribution in [1.82, 2.24) is 0 Å². The van der Waals surface area contributed by atoms with Gasteiger partial charge in [-0.25, -0.2) is 0 Å². The first-order valence-corrected chi connectivity index (χ1v) is 7.86. The van der Waals surface area contributed by atoms with Gasteiger partial charge in [-0.15, -0.1) is 0 Å². The van der Waals surface area contributed by atoms with Crippen LogP contribution < -0.4 is 9.16 Å². The molecule has 2 rings (SSSR count). The molecule has 1 unspecified atom stereocenters. The Hall–Kier alpha value is -0.0710. The van der Waals surface area contributed by atoms with Crippen LogP contribution in [0, 0.1) is 0 Å². The molecule has 1 aromatic rings. The van der Waals surface area contributed by atoms with Crippen molar-refractivity contribution in [3.05, 3.63) is 35.9 Å². The second-order valence-corrected chi connectivity index (χ2v) is 7.11. The number of fused-ring (bicyclic) bond motifs is 1. The number of nitrogens with zero attached hydrogens (tertiary/aromatic N) is 1. The van der Waals surface area contributed by atoms with Crippen molar-refractivity contribution in [1.29, 1.82) is 0 Å². The molecular weight excluding hydrogens is 280 g/mol. The topological polar surface area (TPSA) is 3.88 Å². The summed E-state index contributed by atoms with van der Waals surface area (Å²) in [5, 5.41) is 1.36. The number of hydrogen-bond acceptors (Lipinski definition) is 0. The van der Waals surface area contributed by atoms with E-state index in [4.69, 9.17) is 0 Å². The first-order valence-electron chi connectivity index (χ1n) is 3.81. The van der Waals surface area contributed by atoms with Crippen molar-refractivity contribution in [3.63, 3.8) is 0 Å². The molecule has 0 fully saturated rings. The monoisotopic (exact) mass is 292 g/mol. The Morgan fingerprint density at radius 1 is 1.67 bits per heavy atom. The Kier molecular flexibility index (Phi) is 2.67. The first-order chi connectivity index (χ1) is 5.92. The van der Waals surface area contributed by atoms with Gasteiger partial charge >= 0.3 is 85.3 Å². The van der Waals surface area contributed by atoms with Gasteiger partial charge in [0, 0.05) is 0 Å². The van der Waals surface area contributed by atoms with Crippen LogP contribution in [0.1, 0.15) is 4.94 Å². The molecule has 12 heavy (non-hydrogen) atoms. The molecule has 3 heteroatoms. The van der Waals surface area contributed by atoms with Crippen LogP contribution in [-0.4, -0.2) is 29.9 Å². The van der Waals surface area contributed by atoms with E-state index in [1.807, 2.05) is 0 Å². The van der Waals surface area contributed by atoms with Gasteiger partial charge in [-0.05, 0) is 0 Å². The fourth-order valence-electron chi connectivity index (χ4n) is 1.25. The zero-order valence-corrected chi connectivity index (χ0v) is 10.1. The predicted molar refractivity (Wildman–Crippen MR) is 51.8 cm³/mol. The van der Waals surface area contributed by atoms with E-state index < -0.39 is 0 Å². The minimum atomic E-state index is 0.582. The zero-order chi connectivity index (χ0) is 8.39. The van der Waals surface area contributed by atoms with Gasteiger partial charge in [-0.2, -0.15) is 0 Å². The number of hydrogen-bond donors (Lipinski definition) is 0. The SMILES string of the molecule is C=C[Se]C1C[Se]c2cccc[n+]21. The third-order valence-electron chi connectivity index (χ3n) is 1.79. The van der Waals surface area contributed by atoms with Crippen LogP contribution in [0.3, 0.4) is 0 Å². The van der Waals surface area contributed by atoms with Crippen molar-refractivity contribution in [2.75, 3.05) is 0 Å². The summed E-state index contributed by atoms with van der Waals surface area (Å²) in [6.07, 6.45) is 2.21. The summed E-state index contributed by atoms with van der Waals surface area (Å²) in [5.74, 6) is 0. The van der Waals surface area contributed by atoms with Crippen LogP contribution in [0.15, 0.2) is 35.9 Å². The fraction of sp³-hybridized carbons (Fsp3) is 0.222. The summed E-state index contributed by atoms with van der Waals surface area (Å²) < 4.78 is 3.97. The second kappa shape index (κ2) is 3.76. The van der Waals surface area contributed by atoms with Crippen LogP contribution in [0.25, 0.3) is 0 Å². The summed E-state index contributed by atoms with van der Waals surface area (Å²) in [5.41, 5.74) is 0. The van der Waals surface area contributed by atoms with Crippen LogP contribution in [0.4, 0.5) is 0 Å². The van der Waals surface area contributed by atoms with Crippen LogP contribution in [0.5, 0.6) is 0 Å². The molecule has 0 N–H and O–H groups in total. The molecule has 0 radical (unpaired) electrons. The maximum atomic E-state index is 3.82. The quantitative estimate of drug-likeness (QED) is 0.536. The molecule has 1 atom stereocenters. The average molecular weight is 290 g/mol. The van der Waals surface area contributed by atoms with Gasteiger partial charge in [0.15, 0.2) is 0 Å². The summed E-state index contributed by atoms with van der Waals surface area (Å²) >= 11 is 1.29. The first kappa shape index (κ1) is 8.52. The Morgan fingerprint density at radius 3 is 3.42 bits per heavy atom. The molecule has 2 heterocycles. The third-order valence-corrected chi connectivity index (χ3v) is 7.11. The van der Waals surface area contributed by atoms with E-state index in [1.165, 1.54) is 5.32 Å². The molecule has 0 aromatic carbocycles. The van der Waals surface area contributed by atoms with Gasteiger partial charge in [-0.1, -0.05) is 0 Å². The van der Waals surface area contributed by atoms with E-state index in [0.29, 0.717) is 29.9 Å². The van der Waals surface area contributed by atoms with Gasteiger partial charge < -0.3 is 0 Å². The van der Waals surface area contributed by atoms with Gasteiger partial charge in [0.05, 0.1) is 0 Å². The van der Waals surface area contributed by atoms with Crippen LogP contribution in [-0.2, 0) is 0 Å². The number of pyridine rings is 1. The van der Waals surface area contributed by atoms with Gasteiger partial charge in [0.1, 0.15) is 0 Å². The van der Waals surface area contributed by atoms with Crippen molar-refractivity contribution in [2.45, 2.75) is 10.3 Å². The standard InChI is InChI=1S/C9H10NSe2/c1-2-11-9-7-12-8-5-3-4-6-10(8)9/h2-6,9H,1,7H2/q+1. The summed E-state index contributed by atoms with van der Waals surface area (Å²) in [6, 6.07) is 6.51. The van der Waals surface area contributed by atoms with Crippen molar-refractivity contribution < 1.29 is 4.57 Å². The molecule has 0 aliphatic carbocycles. The van der Waals surface area contributed by atoms with Gasteiger partial charge in [0.2, 0.25) is 0 Å². The van der Waals surface area contributed by atoms with Gasteiger partial charge in [0.25, 0.3) is 0 Å². The van der Waals surface area contributed by atoms with E-state index in [0.717, 1.165) is 4.94 Å². The Bertz CT molecular complexity index is 298. The van der Waals surface area contributed by atoms with E-state index in [1.54, 1.807) is 4.59 Å². The number of aromatic nitrogens is 1. The molecule has 0 spiro atoms. The third kappa shape index (κ3) is 1.51. The minimum absolute atomic E-state index is 0.582. The van der Waals surface area contributed by atoms with Gasteiger partial charge in [-0.3, -0.25) is 0 Å². The van der Waals surface area contributed by atoms with Crippen molar-refractivity contribution in [2.24, 2.45) is 0 Å². The normalized spacial score (nSPS) is 20.5. The van der Waals surface area contributed by atoms with E-state index in [2.05, 4.69) is 40.5 Å². The molecule has 1 aromatic heterocycles. The maximum absolute atomic E-state index is 3.82. The van der Waals surface area contributed by atoms with E-state index >= 15 is 0 Å². The summed E-state index contributed by atoms with van der Waals surface area (Å²) in [6.45, 7) is 3.82. The fourth-order valence-corrected chi connectivity index (χ4v) is 6.55. The average Bonchev–Trinajstić information content (AvgIpc) is 2.50. The second-order valence-electron chi connectivity index (χ2n) is 2.51. The molecule has 1 nitrogen and oxygen atoms in total. The summed E-state index contributed by atoms with van der Waals surface area (Å²) in [7, 11) is 0. The van der Waals surface area contributed by atoms with Crippen LogP contribution >= 0.6 is 0 Å². The molecule has 62 valence electrons. The van der Waals surface area contributed by atoms with Crippen molar-refractivity contribution in [3.8, 4) is 0 Å². The molecular formula is C9H10NSe2+. The Morgan fingerprint density at radius 2 is 2.58 bits per heavy atom. The van der Waals surface area contributed by atoms with E-state index in [-0.39, 0.29) is 0 Å². The predicted octanol–water partition coefficient (Wildman–Crippen LogP) is 0.0818. The Balaban J connectivity index is 2.29. The van der Waals surface area contributed by atoms with Crippen molar-refractivity contribution >= 4 is 34.5 Å². The molecule has 0 bridgehead atoms. The molecule has 1 aliphatic rings. The van der Waals surface area contributed by atoms with E-state index in [9.17, 15) is 0 Å². The molecule has 0 amide bonds. The molecule has 0 saturated heterocycles. The Labute approximate surface area is 85.2 Å². The molecule has 1 aliphatic heterocycles. The molecule has 0 saturated carbocycles. The van der Waals surface area contributed by atoms with Crippen LogP contribution in [0.2, 0.25) is 5.32 Å².